The fraction of sp³-hybridized carbons (Fsp3) is 0.240. The SMILES string of the molecule is O=C(Cc1ccc(-c2ccccc2)cc1)NCc1ccc(S(=O)(=O)N2CCOCC2)cc1. The summed E-state index contributed by atoms with van der Waals surface area (Å²) in [4.78, 5) is 12.6. The first kappa shape index (κ1) is 22.2. The maximum Gasteiger partial charge on any atom is 0.243 e. The Bertz CT molecular complexity index is 1140. The molecule has 0 atom stereocenters. The summed E-state index contributed by atoms with van der Waals surface area (Å²) >= 11 is 0. The predicted molar refractivity (Wildman–Crippen MR) is 123 cm³/mol. The molecule has 166 valence electrons. The van der Waals surface area contributed by atoms with Crippen molar-refractivity contribution >= 4 is 15.9 Å². The van der Waals surface area contributed by atoms with Crippen LogP contribution in [0.3, 0.4) is 0 Å². The number of ether oxygens (including phenoxy) is 1. The van der Waals surface area contributed by atoms with Crippen molar-refractivity contribution in [2.24, 2.45) is 0 Å². The minimum atomic E-state index is -3.51. The molecule has 32 heavy (non-hydrogen) atoms. The number of amides is 1. The van der Waals surface area contributed by atoms with Gasteiger partial charge in [0.1, 0.15) is 0 Å². The highest BCUT2D eigenvalue weighted by Crippen LogP contribution is 2.20. The second-order valence-corrected chi connectivity index (χ2v) is 9.61. The second-order valence-electron chi connectivity index (χ2n) is 7.68. The van der Waals surface area contributed by atoms with Gasteiger partial charge in [-0.1, -0.05) is 66.7 Å². The number of benzene rings is 3. The van der Waals surface area contributed by atoms with Crippen molar-refractivity contribution in [2.45, 2.75) is 17.9 Å². The Hall–Kier alpha value is -3.00. The van der Waals surface area contributed by atoms with Gasteiger partial charge < -0.3 is 10.1 Å². The number of hydrogen-bond donors (Lipinski definition) is 1. The summed E-state index contributed by atoms with van der Waals surface area (Å²) in [7, 11) is -3.51. The average molecular weight is 451 g/mol. The van der Waals surface area contributed by atoms with Crippen LogP contribution in [0.5, 0.6) is 0 Å². The van der Waals surface area contributed by atoms with Crippen LogP contribution < -0.4 is 5.32 Å². The third kappa shape index (κ3) is 5.43. The van der Waals surface area contributed by atoms with Crippen LogP contribution in [-0.2, 0) is 32.5 Å². The molecule has 1 saturated heterocycles. The molecule has 1 fully saturated rings. The topological polar surface area (TPSA) is 75.7 Å². The van der Waals surface area contributed by atoms with E-state index in [-0.39, 0.29) is 10.8 Å². The lowest BCUT2D eigenvalue weighted by molar-refractivity contribution is -0.120. The molecular formula is C25H26N2O4S. The quantitative estimate of drug-likeness (QED) is 0.600. The summed E-state index contributed by atoms with van der Waals surface area (Å²) in [6.45, 7) is 1.91. The Morgan fingerprint density at radius 1 is 0.812 bits per heavy atom. The smallest absolute Gasteiger partial charge is 0.243 e. The monoisotopic (exact) mass is 450 g/mol. The van der Waals surface area contributed by atoms with E-state index < -0.39 is 10.0 Å². The Morgan fingerprint density at radius 2 is 1.41 bits per heavy atom. The molecule has 6 nitrogen and oxygen atoms in total. The molecule has 0 spiro atoms. The van der Waals surface area contributed by atoms with E-state index in [1.54, 1.807) is 24.3 Å². The largest absolute Gasteiger partial charge is 0.379 e. The number of nitrogens with one attached hydrogen (secondary N) is 1. The highest BCUT2D eigenvalue weighted by molar-refractivity contribution is 7.89. The van der Waals surface area contributed by atoms with E-state index in [1.807, 2.05) is 42.5 Å². The van der Waals surface area contributed by atoms with E-state index in [0.717, 1.165) is 22.3 Å². The number of morpholine rings is 1. The third-order valence-corrected chi connectivity index (χ3v) is 7.36. The average Bonchev–Trinajstić information content (AvgIpc) is 2.84. The van der Waals surface area contributed by atoms with Gasteiger partial charge in [0.15, 0.2) is 0 Å². The first-order chi connectivity index (χ1) is 15.5. The molecule has 1 heterocycles. The molecular weight excluding hydrogens is 424 g/mol. The minimum absolute atomic E-state index is 0.0810. The lowest BCUT2D eigenvalue weighted by Gasteiger charge is -2.26. The van der Waals surface area contributed by atoms with Crippen molar-refractivity contribution in [2.75, 3.05) is 26.3 Å². The van der Waals surface area contributed by atoms with Crippen molar-refractivity contribution in [1.82, 2.24) is 9.62 Å². The molecule has 0 unspecified atom stereocenters. The first-order valence-electron chi connectivity index (χ1n) is 10.6. The van der Waals surface area contributed by atoms with Gasteiger partial charge >= 0.3 is 0 Å². The Labute approximate surface area is 188 Å². The fourth-order valence-corrected chi connectivity index (χ4v) is 5.02. The molecule has 1 N–H and O–H groups in total. The number of rotatable bonds is 7. The molecule has 1 aliphatic heterocycles. The molecule has 7 heteroatoms. The number of sulfonamides is 1. The van der Waals surface area contributed by atoms with Crippen molar-refractivity contribution < 1.29 is 17.9 Å². The van der Waals surface area contributed by atoms with Crippen LogP contribution >= 0.6 is 0 Å². The van der Waals surface area contributed by atoms with E-state index in [0.29, 0.717) is 39.3 Å². The maximum atomic E-state index is 12.7. The summed E-state index contributed by atoms with van der Waals surface area (Å²) < 4.78 is 32.0. The molecule has 0 radical (unpaired) electrons. The zero-order valence-corrected chi connectivity index (χ0v) is 18.6. The highest BCUT2D eigenvalue weighted by Gasteiger charge is 2.26. The summed E-state index contributed by atoms with van der Waals surface area (Å²) in [6, 6.07) is 24.7. The van der Waals surface area contributed by atoms with Crippen molar-refractivity contribution in [1.29, 1.82) is 0 Å². The summed E-state index contributed by atoms with van der Waals surface area (Å²) in [5.74, 6) is -0.0810. The highest BCUT2D eigenvalue weighted by atomic mass is 32.2. The van der Waals surface area contributed by atoms with Crippen molar-refractivity contribution in [3.8, 4) is 11.1 Å². The number of carbonyl (C=O) groups excluding carboxylic acids is 1. The van der Waals surface area contributed by atoms with Gasteiger partial charge in [-0.25, -0.2) is 8.42 Å². The summed E-state index contributed by atoms with van der Waals surface area (Å²) in [5.41, 5.74) is 4.04. The van der Waals surface area contributed by atoms with Gasteiger partial charge in [-0.2, -0.15) is 4.31 Å². The summed E-state index contributed by atoms with van der Waals surface area (Å²) in [5, 5.41) is 2.90. The lowest BCUT2D eigenvalue weighted by Crippen LogP contribution is -2.40. The maximum absolute atomic E-state index is 12.7. The van der Waals surface area contributed by atoms with Gasteiger partial charge in [0.05, 0.1) is 24.5 Å². The molecule has 4 rings (SSSR count). The van der Waals surface area contributed by atoms with Gasteiger partial charge in [-0.05, 0) is 34.4 Å². The first-order valence-corrected chi connectivity index (χ1v) is 12.0. The zero-order valence-electron chi connectivity index (χ0n) is 17.7. The van der Waals surface area contributed by atoms with Crippen LogP contribution in [0.4, 0.5) is 0 Å². The van der Waals surface area contributed by atoms with E-state index in [2.05, 4.69) is 17.4 Å². The number of nitrogens with zero attached hydrogens (tertiary/aromatic N) is 1. The van der Waals surface area contributed by atoms with Gasteiger partial charge in [-0.15, -0.1) is 0 Å². The van der Waals surface area contributed by atoms with Gasteiger partial charge in [0.2, 0.25) is 15.9 Å². The lowest BCUT2D eigenvalue weighted by atomic mass is 10.0. The van der Waals surface area contributed by atoms with Crippen LogP contribution in [0.2, 0.25) is 0 Å². The Balaban J connectivity index is 1.30. The van der Waals surface area contributed by atoms with Gasteiger partial charge in [0.25, 0.3) is 0 Å². The zero-order chi connectivity index (χ0) is 22.4. The third-order valence-electron chi connectivity index (χ3n) is 5.45. The van der Waals surface area contributed by atoms with E-state index in [1.165, 1.54) is 4.31 Å². The van der Waals surface area contributed by atoms with Crippen molar-refractivity contribution in [3.63, 3.8) is 0 Å². The van der Waals surface area contributed by atoms with Gasteiger partial charge in [0, 0.05) is 19.6 Å². The molecule has 0 aromatic heterocycles. The summed E-state index contributed by atoms with van der Waals surface area (Å²) in [6.07, 6.45) is 0.290. The van der Waals surface area contributed by atoms with Crippen molar-refractivity contribution in [3.05, 3.63) is 90.0 Å². The number of hydrogen-bond acceptors (Lipinski definition) is 4. The van der Waals surface area contributed by atoms with E-state index >= 15 is 0 Å². The standard InChI is InChI=1S/C25H26N2O4S/c28-25(18-20-6-10-23(11-7-20)22-4-2-1-3-5-22)26-19-21-8-12-24(13-9-21)32(29,30)27-14-16-31-17-15-27/h1-13H,14-19H2,(H,26,28). The van der Waals surface area contributed by atoms with Crippen LogP contribution in [0.15, 0.2) is 83.8 Å². The molecule has 1 amide bonds. The Kier molecular flexibility index (Phi) is 6.99. The fourth-order valence-electron chi connectivity index (χ4n) is 3.61. The Morgan fingerprint density at radius 3 is 2.06 bits per heavy atom. The van der Waals surface area contributed by atoms with Crippen LogP contribution in [0, 0.1) is 0 Å². The normalized spacial score (nSPS) is 14.8. The minimum Gasteiger partial charge on any atom is -0.379 e. The van der Waals surface area contributed by atoms with E-state index in [4.69, 9.17) is 4.74 Å². The molecule has 0 saturated carbocycles. The molecule has 3 aromatic rings. The van der Waals surface area contributed by atoms with Gasteiger partial charge in [-0.3, -0.25) is 4.79 Å². The molecule has 1 aliphatic rings. The second kappa shape index (κ2) is 10.1. The van der Waals surface area contributed by atoms with Crippen LogP contribution in [0.25, 0.3) is 11.1 Å². The molecule has 0 bridgehead atoms. The predicted octanol–water partition coefficient (Wildman–Crippen LogP) is 3.23. The molecule has 3 aromatic carbocycles. The van der Waals surface area contributed by atoms with E-state index in [9.17, 15) is 13.2 Å². The molecule has 0 aliphatic carbocycles. The van der Waals surface area contributed by atoms with Crippen LogP contribution in [-0.4, -0.2) is 44.9 Å². The number of carbonyl (C=O) groups is 1. The van der Waals surface area contributed by atoms with Crippen LogP contribution in [0.1, 0.15) is 11.1 Å².